The average Bonchev–Trinajstić information content (AvgIpc) is 2.61. The number of rotatable bonds is 8. The number of ether oxygens (including phenoxy) is 2. The van der Waals surface area contributed by atoms with Gasteiger partial charge in [0.25, 0.3) is 5.91 Å². The van der Waals surface area contributed by atoms with Gasteiger partial charge in [-0.15, -0.1) is 0 Å². The zero-order valence-corrected chi connectivity index (χ0v) is 15.0. The molecule has 1 amide bonds. The largest absolute Gasteiger partial charge is 0.493 e. The third-order valence-corrected chi connectivity index (χ3v) is 3.47. The minimum atomic E-state index is -0.223. The Morgan fingerprint density at radius 1 is 1.12 bits per heavy atom. The third-order valence-electron chi connectivity index (χ3n) is 3.47. The molecule has 0 saturated heterocycles. The number of amides is 1. The van der Waals surface area contributed by atoms with Gasteiger partial charge in [-0.05, 0) is 38.0 Å². The van der Waals surface area contributed by atoms with E-state index in [-0.39, 0.29) is 11.9 Å². The van der Waals surface area contributed by atoms with Crippen molar-refractivity contribution in [3.05, 3.63) is 41.9 Å². The first-order valence-electron chi connectivity index (χ1n) is 8.11. The van der Waals surface area contributed by atoms with Crippen LogP contribution in [-0.4, -0.2) is 42.7 Å². The highest BCUT2D eigenvalue weighted by atomic mass is 16.5. The van der Waals surface area contributed by atoms with Gasteiger partial charge in [0, 0.05) is 12.6 Å². The van der Waals surface area contributed by atoms with Crippen molar-refractivity contribution in [1.82, 2.24) is 15.3 Å². The molecule has 0 aliphatic rings. The summed E-state index contributed by atoms with van der Waals surface area (Å²) in [6.45, 7) is 4.48. The van der Waals surface area contributed by atoms with Crippen LogP contribution in [0.5, 0.6) is 11.5 Å². The van der Waals surface area contributed by atoms with E-state index in [1.54, 1.807) is 20.4 Å². The molecule has 2 rings (SSSR count). The number of nitrogens with zero attached hydrogens (tertiary/aromatic N) is 2. The fourth-order valence-electron chi connectivity index (χ4n) is 2.24. The quantitative estimate of drug-likeness (QED) is 0.764. The smallest absolute Gasteiger partial charge is 0.271 e. The molecule has 1 aromatic carbocycles. The zero-order chi connectivity index (χ0) is 18.2. The van der Waals surface area contributed by atoms with Gasteiger partial charge in [-0.2, -0.15) is 0 Å². The van der Waals surface area contributed by atoms with Crippen molar-refractivity contribution in [2.24, 2.45) is 0 Å². The van der Waals surface area contributed by atoms with Gasteiger partial charge in [0.1, 0.15) is 11.5 Å². The van der Waals surface area contributed by atoms with E-state index in [4.69, 9.17) is 9.47 Å². The summed E-state index contributed by atoms with van der Waals surface area (Å²) in [5.41, 5.74) is 1.42. The molecule has 1 aromatic heterocycles. The predicted octanol–water partition coefficient (Wildman–Crippen LogP) is 2.29. The Morgan fingerprint density at radius 2 is 1.88 bits per heavy atom. The van der Waals surface area contributed by atoms with Gasteiger partial charge < -0.3 is 20.1 Å². The SMILES string of the molecule is COc1ccc(CCNc2cnc(C(=O)NC(C)C)cn2)cc1OC. The number of benzene rings is 1. The topological polar surface area (TPSA) is 85.4 Å². The summed E-state index contributed by atoms with van der Waals surface area (Å²) in [7, 11) is 3.23. The second-order valence-corrected chi connectivity index (χ2v) is 5.78. The van der Waals surface area contributed by atoms with Crippen molar-refractivity contribution in [3.63, 3.8) is 0 Å². The molecule has 7 heteroatoms. The first-order valence-corrected chi connectivity index (χ1v) is 8.11. The lowest BCUT2D eigenvalue weighted by atomic mass is 10.1. The highest BCUT2D eigenvalue weighted by molar-refractivity contribution is 5.92. The van der Waals surface area contributed by atoms with Crippen LogP contribution in [0.4, 0.5) is 5.82 Å². The van der Waals surface area contributed by atoms with Crippen molar-refractivity contribution in [2.75, 3.05) is 26.1 Å². The lowest BCUT2D eigenvalue weighted by molar-refractivity contribution is 0.0937. The van der Waals surface area contributed by atoms with Gasteiger partial charge in [0.05, 0.1) is 26.6 Å². The van der Waals surface area contributed by atoms with Crippen LogP contribution in [0.3, 0.4) is 0 Å². The van der Waals surface area contributed by atoms with Gasteiger partial charge in [-0.1, -0.05) is 6.07 Å². The van der Waals surface area contributed by atoms with Crippen LogP contribution in [0.25, 0.3) is 0 Å². The van der Waals surface area contributed by atoms with E-state index in [0.717, 1.165) is 12.0 Å². The third kappa shape index (κ3) is 5.34. The molecule has 0 radical (unpaired) electrons. The van der Waals surface area contributed by atoms with Gasteiger partial charge in [-0.25, -0.2) is 9.97 Å². The summed E-state index contributed by atoms with van der Waals surface area (Å²) in [6.07, 6.45) is 3.82. The van der Waals surface area contributed by atoms with E-state index in [1.165, 1.54) is 6.20 Å². The second-order valence-electron chi connectivity index (χ2n) is 5.78. The summed E-state index contributed by atoms with van der Waals surface area (Å²) in [5, 5.41) is 5.97. The van der Waals surface area contributed by atoms with Crippen LogP contribution < -0.4 is 20.1 Å². The lowest BCUT2D eigenvalue weighted by Gasteiger charge is -2.10. The number of hydrogen-bond donors (Lipinski definition) is 2. The molecule has 2 N–H and O–H groups in total. The van der Waals surface area contributed by atoms with Gasteiger partial charge >= 0.3 is 0 Å². The van der Waals surface area contributed by atoms with E-state index in [1.807, 2.05) is 32.0 Å². The molecule has 0 spiro atoms. The van der Waals surface area contributed by atoms with Gasteiger partial charge in [0.15, 0.2) is 11.5 Å². The fourth-order valence-corrected chi connectivity index (χ4v) is 2.24. The van der Waals surface area contributed by atoms with Crippen molar-refractivity contribution in [3.8, 4) is 11.5 Å². The maximum absolute atomic E-state index is 11.8. The molecule has 134 valence electrons. The van der Waals surface area contributed by atoms with Crippen molar-refractivity contribution in [2.45, 2.75) is 26.3 Å². The number of carbonyl (C=O) groups excluding carboxylic acids is 1. The molecular formula is C18H24N4O3. The standard InChI is InChI=1S/C18H24N4O3/c1-12(2)22-18(23)14-10-21-17(11-20-14)19-8-7-13-5-6-15(24-3)16(9-13)25-4/h5-6,9-12H,7-8H2,1-4H3,(H,19,21)(H,22,23). The maximum Gasteiger partial charge on any atom is 0.271 e. The Balaban J connectivity index is 1.88. The fraction of sp³-hybridized carbons (Fsp3) is 0.389. The summed E-state index contributed by atoms with van der Waals surface area (Å²) >= 11 is 0. The molecule has 0 fully saturated rings. The number of hydrogen-bond acceptors (Lipinski definition) is 6. The van der Waals surface area contributed by atoms with Crippen molar-refractivity contribution >= 4 is 11.7 Å². The van der Waals surface area contributed by atoms with E-state index in [9.17, 15) is 4.79 Å². The number of nitrogens with one attached hydrogen (secondary N) is 2. The second kappa shape index (κ2) is 8.86. The first-order chi connectivity index (χ1) is 12.0. The molecule has 2 aromatic rings. The molecule has 7 nitrogen and oxygen atoms in total. The summed E-state index contributed by atoms with van der Waals surface area (Å²) in [5.74, 6) is 1.82. The Bertz CT molecular complexity index is 702. The normalized spacial score (nSPS) is 10.4. The average molecular weight is 344 g/mol. The summed E-state index contributed by atoms with van der Waals surface area (Å²) in [6, 6.07) is 5.89. The first kappa shape index (κ1) is 18.5. The van der Waals surface area contributed by atoms with E-state index < -0.39 is 0 Å². The molecule has 0 aliphatic carbocycles. The van der Waals surface area contributed by atoms with E-state index >= 15 is 0 Å². The predicted molar refractivity (Wildman–Crippen MR) is 96.4 cm³/mol. The molecule has 0 atom stereocenters. The maximum atomic E-state index is 11.8. The number of carbonyl (C=O) groups is 1. The Hall–Kier alpha value is -2.83. The molecule has 1 heterocycles. The van der Waals surface area contributed by atoms with Crippen LogP contribution in [0.2, 0.25) is 0 Å². The molecule has 0 aliphatic heterocycles. The lowest BCUT2D eigenvalue weighted by Crippen LogP contribution is -2.30. The molecule has 25 heavy (non-hydrogen) atoms. The monoisotopic (exact) mass is 344 g/mol. The van der Waals surface area contributed by atoms with Gasteiger partial charge in [0.2, 0.25) is 0 Å². The number of anilines is 1. The number of aromatic nitrogens is 2. The molecule has 0 unspecified atom stereocenters. The Labute approximate surface area is 147 Å². The van der Waals surface area contributed by atoms with Crippen LogP contribution in [0, 0.1) is 0 Å². The van der Waals surface area contributed by atoms with Crippen LogP contribution in [0.15, 0.2) is 30.6 Å². The van der Waals surface area contributed by atoms with Gasteiger partial charge in [-0.3, -0.25) is 4.79 Å². The highest BCUT2D eigenvalue weighted by Gasteiger charge is 2.09. The van der Waals surface area contributed by atoms with Crippen molar-refractivity contribution in [1.29, 1.82) is 0 Å². The van der Waals surface area contributed by atoms with Crippen LogP contribution >= 0.6 is 0 Å². The van der Waals surface area contributed by atoms with Crippen LogP contribution in [-0.2, 0) is 6.42 Å². The van der Waals surface area contributed by atoms with Crippen molar-refractivity contribution < 1.29 is 14.3 Å². The minimum Gasteiger partial charge on any atom is -0.493 e. The van der Waals surface area contributed by atoms with Crippen LogP contribution in [0.1, 0.15) is 29.9 Å². The zero-order valence-electron chi connectivity index (χ0n) is 15.0. The number of methoxy groups -OCH3 is 2. The molecule has 0 bridgehead atoms. The molecule has 0 saturated carbocycles. The highest BCUT2D eigenvalue weighted by Crippen LogP contribution is 2.27. The summed E-state index contributed by atoms with van der Waals surface area (Å²) in [4.78, 5) is 20.2. The molecular weight excluding hydrogens is 320 g/mol. The Morgan fingerprint density at radius 3 is 2.48 bits per heavy atom. The van der Waals surface area contributed by atoms with E-state index in [2.05, 4.69) is 20.6 Å². The Kier molecular flexibility index (Phi) is 6.56. The summed E-state index contributed by atoms with van der Waals surface area (Å²) < 4.78 is 10.5. The van der Waals surface area contributed by atoms with E-state index in [0.29, 0.717) is 29.6 Å². The minimum absolute atomic E-state index is 0.0635.